The van der Waals surface area contributed by atoms with Gasteiger partial charge in [-0.1, -0.05) is 19.3 Å². The number of aryl methyl sites for hydroxylation is 1. The quantitative estimate of drug-likeness (QED) is 0.870. The molecule has 1 aromatic heterocycles. The van der Waals surface area contributed by atoms with Gasteiger partial charge in [0, 0.05) is 16.8 Å². The number of carbonyl (C=O) groups excluding carboxylic acids is 1. The van der Waals surface area contributed by atoms with Crippen LogP contribution in [0.15, 0.2) is 10.5 Å². The molecule has 1 aromatic rings. The zero-order valence-electron chi connectivity index (χ0n) is 12.6. The topological polar surface area (TPSA) is 54.4 Å². The molecule has 1 amide bonds. The molecule has 4 nitrogen and oxygen atoms in total. The Hall–Kier alpha value is -1.23. The van der Waals surface area contributed by atoms with Crippen LogP contribution in [0.4, 0.5) is 0 Å². The monoisotopic (exact) mass is 305 g/mol. The standard InChI is InChI=1S/C16H23N3OS/c1-11-10-21-16(17-11)9-15(20)19-18-14-7-6-12-4-2-3-5-13(12)8-14/h10,12-13H,2-9H2,1H3,(H,19,20)/b18-14+/t12-,13-/m0/s1. The van der Waals surface area contributed by atoms with E-state index in [0.29, 0.717) is 6.42 Å². The lowest BCUT2D eigenvalue weighted by molar-refractivity contribution is -0.120. The van der Waals surface area contributed by atoms with E-state index in [2.05, 4.69) is 15.5 Å². The minimum atomic E-state index is -0.0531. The fourth-order valence-corrected chi connectivity index (χ4v) is 4.36. The molecule has 0 spiro atoms. The molecule has 0 aliphatic heterocycles. The first-order valence-electron chi connectivity index (χ1n) is 7.96. The largest absolute Gasteiger partial charge is 0.273 e. The highest BCUT2D eigenvalue weighted by Gasteiger charge is 2.30. The van der Waals surface area contributed by atoms with Gasteiger partial charge in [-0.05, 0) is 44.4 Å². The normalized spacial score (nSPS) is 27.4. The van der Waals surface area contributed by atoms with Crippen molar-refractivity contribution in [3.8, 4) is 0 Å². The summed E-state index contributed by atoms with van der Waals surface area (Å²) in [5.74, 6) is 1.67. The Morgan fingerprint density at radius 1 is 1.38 bits per heavy atom. The van der Waals surface area contributed by atoms with Crippen molar-refractivity contribution in [3.63, 3.8) is 0 Å². The average Bonchev–Trinajstić information content (AvgIpc) is 2.90. The van der Waals surface area contributed by atoms with Crippen molar-refractivity contribution in [2.45, 2.75) is 58.3 Å². The summed E-state index contributed by atoms with van der Waals surface area (Å²) in [7, 11) is 0. The van der Waals surface area contributed by atoms with Crippen molar-refractivity contribution in [3.05, 3.63) is 16.1 Å². The molecule has 2 saturated carbocycles. The molecular formula is C16H23N3OS. The summed E-state index contributed by atoms with van der Waals surface area (Å²) in [5.41, 5.74) is 4.88. The first-order chi connectivity index (χ1) is 10.2. The van der Waals surface area contributed by atoms with E-state index in [0.717, 1.165) is 35.4 Å². The predicted octanol–water partition coefficient (Wildman–Crippen LogP) is 3.46. The molecule has 5 heteroatoms. The fraction of sp³-hybridized carbons (Fsp3) is 0.688. The lowest BCUT2D eigenvalue weighted by Gasteiger charge is -2.35. The van der Waals surface area contributed by atoms with Crippen molar-refractivity contribution >= 4 is 23.0 Å². The summed E-state index contributed by atoms with van der Waals surface area (Å²) in [4.78, 5) is 16.2. The number of fused-ring (bicyclic) bond motifs is 1. The smallest absolute Gasteiger partial charge is 0.246 e. The third kappa shape index (κ3) is 3.90. The predicted molar refractivity (Wildman–Crippen MR) is 85.4 cm³/mol. The maximum absolute atomic E-state index is 11.9. The van der Waals surface area contributed by atoms with Crippen molar-refractivity contribution in [1.82, 2.24) is 10.4 Å². The summed E-state index contributed by atoms with van der Waals surface area (Å²) in [5, 5.41) is 7.20. The molecule has 3 rings (SSSR count). The van der Waals surface area contributed by atoms with Gasteiger partial charge in [-0.2, -0.15) is 5.10 Å². The van der Waals surface area contributed by atoms with E-state index in [1.165, 1.54) is 49.2 Å². The van der Waals surface area contributed by atoms with Gasteiger partial charge in [0.2, 0.25) is 5.91 Å². The van der Waals surface area contributed by atoms with Crippen molar-refractivity contribution in [1.29, 1.82) is 0 Å². The molecule has 1 N–H and O–H groups in total. The van der Waals surface area contributed by atoms with E-state index >= 15 is 0 Å². The van der Waals surface area contributed by atoms with Gasteiger partial charge in [0.05, 0.1) is 6.42 Å². The number of thiazole rings is 1. The van der Waals surface area contributed by atoms with Crippen LogP contribution in [0.5, 0.6) is 0 Å². The summed E-state index contributed by atoms with van der Waals surface area (Å²) in [6.07, 6.45) is 9.23. The number of amides is 1. The van der Waals surface area contributed by atoms with E-state index in [1.54, 1.807) is 0 Å². The first kappa shape index (κ1) is 14.7. The summed E-state index contributed by atoms with van der Waals surface area (Å²) < 4.78 is 0. The molecule has 114 valence electrons. The van der Waals surface area contributed by atoms with Crippen molar-refractivity contribution in [2.24, 2.45) is 16.9 Å². The van der Waals surface area contributed by atoms with Crippen LogP contribution in [0.2, 0.25) is 0 Å². The van der Waals surface area contributed by atoms with E-state index in [-0.39, 0.29) is 5.91 Å². The Bertz CT molecular complexity index is 537. The van der Waals surface area contributed by atoms with Gasteiger partial charge in [-0.25, -0.2) is 10.4 Å². The second-order valence-electron chi connectivity index (χ2n) is 6.32. The van der Waals surface area contributed by atoms with Gasteiger partial charge >= 0.3 is 0 Å². The molecule has 2 aliphatic carbocycles. The minimum absolute atomic E-state index is 0.0531. The Balaban J connectivity index is 1.50. The number of nitrogens with zero attached hydrogens (tertiary/aromatic N) is 2. The number of rotatable bonds is 3. The third-order valence-corrected chi connectivity index (χ3v) is 5.65. The maximum atomic E-state index is 11.9. The zero-order valence-corrected chi connectivity index (χ0v) is 13.4. The molecule has 1 heterocycles. The van der Waals surface area contributed by atoms with Crippen molar-refractivity contribution in [2.75, 3.05) is 0 Å². The SMILES string of the molecule is Cc1csc(CC(=O)N/N=C2\CC[C@@H]3CCCC[C@H]3C2)n1. The maximum Gasteiger partial charge on any atom is 0.246 e. The number of carbonyl (C=O) groups is 1. The first-order valence-corrected chi connectivity index (χ1v) is 8.84. The van der Waals surface area contributed by atoms with Gasteiger partial charge in [0.25, 0.3) is 0 Å². The molecule has 2 fully saturated rings. The summed E-state index contributed by atoms with van der Waals surface area (Å²) in [6, 6.07) is 0. The summed E-state index contributed by atoms with van der Waals surface area (Å²) in [6.45, 7) is 1.95. The third-order valence-electron chi connectivity index (χ3n) is 4.69. The lowest BCUT2D eigenvalue weighted by atomic mass is 9.70. The molecular weight excluding hydrogens is 282 g/mol. The molecule has 21 heavy (non-hydrogen) atoms. The number of hydrazone groups is 1. The fourth-order valence-electron chi connectivity index (χ4n) is 3.59. The van der Waals surface area contributed by atoms with Crippen LogP contribution in [0, 0.1) is 18.8 Å². The van der Waals surface area contributed by atoms with Crippen LogP contribution in [0.1, 0.15) is 55.6 Å². The van der Waals surface area contributed by atoms with Gasteiger partial charge in [0.15, 0.2) is 0 Å². The number of hydrogen-bond donors (Lipinski definition) is 1. The molecule has 0 unspecified atom stereocenters. The van der Waals surface area contributed by atoms with Gasteiger partial charge < -0.3 is 0 Å². The Morgan fingerprint density at radius 3 is 2.95 bits per heavy atom. The van der Waals surface area contributed by atoms with Crippen LogP contribution in [0.3, 0.4) is 0 Å². The van der Waals surface area contributed by atoms with Crippen LogP contribution in [-0.4, -0.2) is 16.6 Å². The number of nitrogens with one attached hydrogen (secondary N) is 1. The van der Waals surface area contributed by atoms with Crippen molar-refractivity contribution < 1.29 is 4.79 Å². The lowest BCUT2D eigenvalue weighted by Crippen LogP contribution is -2.30. The number of hydrogen-bond acceptors (Lipinski definition) is 4. The van der Waals surface area contributed by atoms with E-state index in [4.69, 9.17) is 0 Å². The molecule has 0 radical (unpaired) electrons. The number of aromatic nitrogens is 1. The zero-order chi connectivity index (χ0) is 14.7. The second-order valence-corrected chi connectivity index (χ2v) is 7.26. The minimum Gasteiger partial charge on any atom is -0.273 e. The van der Waals surface area contributed by atoms with Gasteiger partial charge in [0.1, 0.15) is 5.01 Å². The van der Waals surface area contributed by atoms with E-state index in [9.17, 15) is 4.79 Å². The molecule has 0 bridgehead atoms. The van der Waals surface area contributed by atoms with Gasteiger partial charge in [-0.15, -0.1) is 11.3 Å². The summed E-state index contributed by atoms with van der Waals surface area (Å²) >= 11 is 1.53. The molecule has 0 aromatic carbocycles. The Labute approximate surface area is 130 Å². The molecule has 2 aliphatic rings. The Morgan fingerprint density at radius 2 is 2.19 bits per heavy atom. The van der Waals surface area contributed by atoms with E-state index in [1.807, 2.05) is 12.3 Å². The van der Waals surface area contributed by atoms with Gasteiger partial charge in [-0.3, -0.25) is 4.79 Å². The average molecular weight is 305 g/mol. The van der Waals surface area contributed by atoms with E-state index < -0.39 is 0 Å². The molecule has 2 atom stereocenters. The van der Waals surface area contributed by atoms with Crippen LogP contribution in [-0.2, 0) is 11.2 Å². The highest BCUT2D eigenvalue weighted by molar-refractivity contribution is 7.09. The highest BCUT2D eigenvalue weighted by Crippen LogP contribution is 2.39. The highest BCUT2D eigenvalue weighted by atomic mass is 32.1. The van der Waals surface area contributed by atoms with Crippen LogP contribution >= 0.6 is 11.3 Å². The second kappa shape index (κ2) is 6.69. The van der Waals surface area contributed by atoms with Crippen LogP contribution < -0.4 is 5.43 Å². The molecule has 0 saturated heterocycles. The Kier molecular flexibility index (Phi) is 4.68. The van der Waals surface area contributed by atoms with Crippen LogP contribution in [0.25, 0.3) is 0 Å².